The van der Waals surface area contributed by atoms with Gasteiger partial charge in [0.25, 0.3) is 0 Å². The highest BCUT2D eigenvalue weighted by Crippen LogP contribution is 2.33. The molecule has 0 spiro atoms. The predicted molar refractivity (Wildman–Crippen MR) is 273 cm³/mol. The van der Waals surface area contributed by atoms with Gasteiger partial charge >= 0.3 is 0 Å². The van der Waals surface area contributed by atoms with Crippen LogP contribution in [-0.2, 0) is 33.2 Å². The van der Waals surface area contributed by atoms with Crippen LogP contribution >= 0.6 is 0 Å². The third-order valence-electron chi connectivity index (χ3n) is 14.3. The summed E-state index contributed by atoms with van der Waals surface area (Å²) in [5, 5.41) is 119. The van der Waals surface area contributed by atoms with E-state index >= 15 is 0 Å². The third kappa shape index (κ3) is 23.8. The summed E-state index contributed by atoms with van der Waals surface area (Å²) in [6.07, 6.45) is 11.4. The van der Waals surface area contributed by atoms with E-state index in [2.05, 4.69) is 31.3 Å². The van der Waals surface area contributed by atoms with Gasteiger partial charge < -0.3 is 89.9 Å². The van der Waals surface area contributed by atoms with E-state index < -0.39 is 124 Å². The lowest BCUT2D eigenvalue weighted by Crippen LogP contribution is -2.66. The van der Waals surface area contributed by atoms with Gasteiger partial charge in [0.15, 0.2) is 18.9 Å². The molecule has 17 unspecified atom stereocenters. The van der Waals surface area contributed by atoms with Gasteiger partial charge in [0.2, 0.25) is 5.91 Å². The second kappa shape index (κ2) is 38.8. The van der Waals surface area contributed by atoms with Crippen molar-refractivity contribution in [2.24, 2.45) is 0 Å². The first-order valence-electron chi connectivity index (χ1n) is 28.1. The molecule has 0 aliphatic carbocycles. The molecule has 3 heterocycles. The molecular weight excluding hydrogens is 951 g/mol. The van der Waals surface area contributed by atoms with Crippen LogP contribution in [0.2, 0.25) is 0 Å². The summed E-state index contributed by atoms with van der Waals surface area (Å²) >= 11 is 0. The Labute approximate surface area is 435 Å². The second-order valence-corrected chi connectivity index (χ2v) is 20.4. The second-order valence-electron chi connectivity index (χ2n) is 20.4. The zero-order valence-corrected chi connectivity index (χ0v) is 44.1. The van der Waals surface area contributed by atoms with Crippen molar-refractivity contribution in [3.63, 3.8) is 0 Å². The van der Waals surface area contributed by atoms with Crippen molar-refractivity contribution >= 4 is 5.91 Å². The summed E-state index contributed by atoms with van der Waals surface area (Å²) in [7, 11) is 0. The van der Waals surface area contributed by atoms with Gasteiger partial charge in [0.1, 0.15) is 73.2 Å². The van der Waals surface area contributed by atoms with Crippen LogP contribution in [0.3, 0.4) is 0 Å². The van der Waals surface area contributed by atoms with Gasteiger partial charge in [-0.05, 0) is 32.1 Å². The highest BCUT2D eigenvalue weighted by Gasteiger charge is 2.53. The lowest BCUT2D eigenvalue weighted by atomic mass is 9.96. The Balaban J connectivity index is 1.43. The van der Waals surface area contributed by atoms with Crippen LogP contribution in [0.15, 0.2) is 24.3 Å². The van der Waals surface area contributed by atoms with E-state index in [4.69, 9.17) is 28.4 Å². The number of unbranched alkanes of at least 4 members (excludes halogenated alkanes) is 22. The third-order valence-corrected chi connectivity index (χ3v) is 14.3. The number of nitrogens with one attached hydrogen (secondary N) is 1. The van der Waals surface area contributed by atoms with Gasteiger partial charge in [0, 0.05) is 6.42 Å². The summed E-state index contributed by atoms with van der Waals surface area (Å²) in [4.78, 5) is 13.0. The van der Waals surface area contributed by atoms with Crippen LogP contribution in [0.5, 0.6) is 0 Å². The molecule has 0 saturated carbocycles. The number of aliphatic hydroxyl groups is 11. The molecule has 19 heteroatoms. The minimum atomic E-state index is -1.98. The number of rotatable bonds is 40. The smallest absolute Gasteiger partial charge is 0.220 e. The summed E-state index contributed by atoms with van der Waals surface area (Å²) in [6.45, 7) is 1.55. The molecular formula is C54H99NO18. The van der Waals surface area contributed by atoms with E-state index in [1.165, 1.54) is 109 Å². The Morgan fingerprint density at radius 1 is 0.479 bits per heavy atom. The van der Waals surface area contributed by atoms with Gasteiger partial charge in [-0.2, -0.15) is 0 Å². The maximum absolute atomic E-state index is 13.0. The number of carbonyl (C=O) groups is 1. The van der Waals surface area contributed by atoms with Crippen molar-refractivity contribution in [1.82, 2.24) is 5.32 Å². The number of ether oxygens (including phenoxy) is 6. The van der Waals surface area contributed by atoms with E-state index in [0.29, 0.717) is 12.8 Å². The molecule has 0 bridgehead atoms. The quantitative estimate of drug-likeness (QED) is 0.0308. The van der Waals surface area contributed by atoms with Gasteiger partial charge in [-0.3, -0.25) is 4.79 Å². The molecule has 12 N–H and O–H groups in total. The molecule has 3 fully saturated rings. The number of aliphatic hydroxyl groups excluding tert-OH is 11. The Bertz CT molecular complexity index is 1440. The Morgan fingerprint density at radius 2 is 0.877 bits per heavy atom. The molecule has 0 aromatic carbocycles. The van der Waals surface area contributed by atoms with E-state index in [1.807, 2.05) is 6.08 Å². The highest BCUT2D eigenvalue weighted by molar-refractivity contribution is 5.76. The molecule has 3 rings (SSSR count). The summed E-state index contributed by atoms with van der Waals surface area (Å²) in [5.74, 6) is -0.304. The maximum Gasteiger partial charge on any atom is 0.220 e. The van der Waals surface area contributed by atoms with Crippen molar-refractivity contribution in [3.8, 4) is 0 Å². The minimum Gasteiger partial charge on any atom is -0.394 e. The fourth-order valence-corrected chi connectivity index (χ4v) is 9.56. The van der Waals surface area contributed by atoms with Crippen LogP contribution < -0.4 is 5.32 Å². The molecule has 19 nitrogen and oxygen atoms in total. The fraction of sp³-hybridized carbons (Fsp3) is 0.907. The summed E-state index contributed by atoms with van der Waals surface area (Å²) in [6, 6.07) is -0.981. The number of carbonyl (C=O) groups excluding carboxylic acids is 1. The molecule has 17 atom stereocenters. The van der Waals surface area contributed by atoms with E-state index in [0.717, 1.165) is 38.5 Å². The Kier molecular flexibility index (Phi) is 34.8. The lowest BCUT2D eigenvalue weighted by Gasteiger charge is -2.48. The minimum absolute atomic E-state index is 0.228. The predicted octanol–water partition coefficient (Wildman–Crippen LogP) is 3.59. The summed E-state index contributed by atoms with van der Waals surface area (Å²) < 4.78 is 34.0. The molecule has 0 aromatic heterocycles. The van der Waals surface area contributed by atoms with Crippen LogP contribution in [0.1, 0.15) is 181 Å². The molecule has 73 heavy (non-hydrogen) atoms. The number of hydrogen-bond acceptors (Lipinski definition) is 18. The zero-order valence-electron chi connectivity index (χ0n) is 44.1. The van der Waals surface area contributed by atoms with Crippen molar-refractivity contribution in [1.29, 1.82) is 0 Å². The Morgan fingerprint density at radius 3 is 1.37 bits per heavy atom. The molecule has 0 radical (unpaired) electrons. The van der Waals surface area contributed by atoms with E-state index in [-0.39, 0.29) is 18.9 Å². The van der Waals surface area contributed by atoms with Gasteiger partial charge in [0.05, 0.1) is 38.6 Å². The average molecular weight is 1050 g/mol. The van der Waals surface area contributed by atoms with Gasteiger partial charge in [-0.15, -0.1) is 0 Å². The van der Waals surface area contributed by atoms with Crippen LogP contribution in [0, 0.1) is 0 Å². The largest absolute Gasteiger partial charge is 0.394 e. The van der Waals surface area contributed by atoms with Crippen molar-refractivity contribution in [3.05, 3.63) is 24.3 Å². The first-order valence-corrected chi connectivity index (χ1v) is 28.1. The zero-order chi connectivity index (χ0) is 53.4. The van der Waals surface area contributed by atoms with Crippen LogP contribution in [0.4, 0.5) is 0 Å². The van der Waals surface area contributed by atoms with Crippen molar-refractivity contribution < 1.29 is 89.4 Å². The van der Waals surface area contributed by atoms with Gasteiger partial charge in [-0.25, -0.2) is 0 Å². The van der Waals surface area contributed by atoms with Crippen LogP contribution in [-0.4, -0.2) is 193 Å². The maximum atomic E-state index is 13.0. The molecule has 3 saturated heterocycles. The summed E-state index contributed by atoms with van der Waals surface area (Å²) in [5.41, 5.74) is 0. The van der Waals surface area contributed by atoms with Crippen molar-refractivity contribution in [2.75, 3.05) is 26.4 Å². The SMILES string of the molecule is CCCCCCCCCCCCCCCCCCCC/C=C/CC/C=C/C(O)C(COC1OC(CO)C(OC2OC(CO)C(OC3OC(CO)C(O)C(O)C3O)C(O)C2O)C(O)C1O)NC(=O)CCCCCC. The first-order chi connectivity index (χ1) is 35.3. The molecule has 428 valence electrons. The number of hydrogen-bond donors (Lipinski definition) is 12. The van der Waals surface area contributed by atoms with E-state index in [1.54, 1.807) is 6.08 Å². The first kappa shape index (κ1) is 65.6. The standard InChI is InChI=1S/C54H99NO18/c1-3-5-7-9-10-11-12-13-14-15-16-17-18-19-20-21-22-23-24-25-26-27-28-29-31-38(59)37(55-42(60)32-30-8-6-4-2)36-68-52-48(66)45(63)50(40(34-57)70-52)73-54-49(67)46(64)51(41(35-58)71-54)72-53-47(65)44(62)43(61)39(33-56)69-53/h25-26,29,31,37-41,43-54,56-59,61-67H,3-24,27-28,30,32-36H2,1-2H3,(H,55,60)/b26-25+,31-29+. The van der Waals surface area contributed by atoms with E-state index in [9.17, 15) is 61.0 Å². The van der Waals surface area contributed by atoms with Crippen LogP contribution in [0.25, 0.3) is 0 Å². The highest BCUT2D eigenvalue weighted by atomic mass is 16.8. The Hall–Kier alpha value is -1.73. The average Bonchev–Trinajstić information content (AvgIpc) is 3.39. The number of amides is 1. The molecule has 3 aliphatic heterocycles. The van der Waals surface area contributed by atoms with Crippen molar-refractivity contribution in [2.45, 2.75) is 285 Å². The van der Waals surface area contributed by atoms with Gasteiger partial charge in [-0.1, -0.05) is 167 Å². The normalized spacial score (nSPS) is 31.9. The topological polar surface area (TPSA) is 307 Å². The fourth-order valence-electron chi connectivity index (χ4n) is 9.56. The number of allylic oxidation sites excluding steroid dienone is 3. The molecule has 3 aliphatic rings. The molecule has 1 amide bonds. The monoisotopic (exact) mass is 1050 g/mol. The molecule has 0 aromatic rings. The lowest BCUT2D eigenvalue weighted by molar-refractivity contribution is -0.379.